The van der Waals surface area contributed by atoms with Crippen molar-refractivity contribution in [1.82, 2.24) is 20.3 Å². The van der Waals surface area contributed by atoms with Crippen molar-refractivity contribution in [3.63, 3.8) is 0 Å². The lowest BCUT2D eigenvalue weighted by Gasteiger charge is -2.52. The molecule has 0 unspecified atom stereocenters. The van der Waals surface area contributed by atoms with Crippen LogP contribution < -0.4 is 5.32 Å². The van der Waals surface area contributed by atoms with Gasteiger partial charge in [-0.25, -0.2) is 0 Å². The Hall–Kier alpha value is -2.70. The maximum Gasteiger partial charge on any atom is 0.258 e. The molecule has 2 bridgehead atoms. The summed E-state index contributed by atoms with van der Waals surface area (Å²) in [5.74, 6) is 3.59. The van der Waals surface area contributed by atoms with E-state index in [1.165, 1.54) is 32.1 Å². The Labute approximate surface area is 194 Å². The van der Waals surface area contributed by atoms with Crippen molar-refractivity contribution < 1.29 is 8.94 Å². The minimum absolute atomic E-state index is 0.0788. The third-order valence-corrected chi connectivity index (χ3v) is 8.08. The van der Waals surface area contributed by atoms with Gasteiger partial charge in [-0.15, -0.1) is 10.2 Å². The Morgan fingerprint density at radius 1 is 1.03 bits per heavy atom. The number of fused-ring (bicyclic) bond motifs is 3. The summed E-state index contributed by atoms with van der Waals surface area (Å²) in [5.41, 5.74) is 2.41. The molecule has 4 aliphatic carbocycles. The highest BCUT2D eigenvalue weighted by atomic mass is 16.5. The number of rotatable bonds is 6. The topological polar surface area (TPSA) is 89.9 Å². The molecular formula is C26H33N5O2. The van der Waals surface area contributed by atoms with Gasteiger partial charge in [0, 0.05) is 34.5 Å². The second-order valence-electron chi connectivity index (χ2n) is 11.6. The average Bonchev–Trinajstić information content (AvgIpc) is 3.33. The lowest BCUT2D eigenvalue weighted by Crippen LogP contribution is -2.47. The summed E-state index contributed by atoms with van der Waals surface area (Å²) in [5, 5.41) is 16.7. The van der Waals surface area contributed by atoms with Gasteiger partial charge in [0.05, 0.1) is 0 Å². The summed E-state index contributed by atoms with van der Waals surface area (Å²) in [7, 11) is 0. The van der Waals surface area contributed by atoms with Crippen LogP contribution in [-0.2, 0) is 10.8 Å². The number of nitrogens with one attached hydrogen (secondary N) is 1. The predicted molar refractivity (Wildman–Crippen MR) is 125 cm³/mol. The summed E-state index contributed by atoms with van der Waals surface area (Å²) >= 11 is 0. The minimum atomic E-state index is -0.103. The largest absolute Gasteiger partial charge is 0.424 e. The van der Waals surface area contributed by atoms with E-state index in [-0.39, 0.29) is 10.8 Å². The third kappa shape index (κ3) is 3.85. The van der Waals surface area contributed by atoms with E-state index in [2.05, 4.69) is 64.6 Å². The van der Waals surface area contributed by atoms with E-state index < -0.39 is 0 Å². The van der Waals surface area contributed by atoms with Crippen molar-refractivity contribution in [2.24, 2.45) is 5.41 Å². The summed E-state index contributed by atoms with van der Waals surface area (Å²) in [4.78, 5) is 4.60. The molecule has 4 fully saturated rings. The molecule has 0 spiro atoms. The molecule has 1 aromatic carbocycles. The minimum Gasteiger partial charge on any atom is -0.424 e. The Bertz CT molecular complexity index is 1130. The van der Waals surface area contributed by atoms with Crippen LogP contribution in [0, 0.1) is 5.41 Å². The number of benzene rings is 1. The first-order valence-electron chi connectivity index (χ1n) is 12.4. The molecule has 7 heteroatoms. The SMILES string of the molecule is CC(C)(C)c1nnc(C23CCC(CNc4cccc(-c5nc(C6CC6)no5)c4)(CC2)CC3)o1. The van der Waals surface area contributed by atoms with Gasteiger partial charge in [0.25, 0.3) is 5.89 Å². The van der Waals surface area contributed by atoms with Gasteiger partial charge in [-0.1, -0.05) is 32.0 Å². The highest BCUT2D eigenvalue weighted by Gasteiger charge is 2.52. The number of nitrogens with zero attached hydrogens (tertiary/aromatic N) is 4. The summed E-state index contributed by atoms with van der Waals surface area (Å²) in [6.45, 7) is 7.36. The molecule has 174 valence electrons. The monoisotopic (exact) mass is 447 g/mol. The van der Waals surface area contributed by atoms with Crippen molar-refractivity contribution in [1.29, 1.82) is 0 Å². The van der Waals surface area contributed by atoms with Crippen LogP contribution in [0.5, 0.6) is 0 Å². The van der Waals surface area contributed by atoms with Gasteiger partial charge in [-0.2, -0.15) is 4.98 Å². The summed E-state index contributed by atoms with van der Waals surface area (Å²) in [6.07, 6.45) is 9.33. The number of hydrogen-bond donors (Lipinski definition) is 1. The maximum atomic E-state index is 6.19. The number of anilines is 1. The zero-order valence-electron chi connectivity index (χ0n) is 19.9. The fourth-order valence-electron chi connectivity index (χ4n) is 5.50. The standard InChI is InChI=1S/C26H33N5O2/c1-24(2,3)22-29-30-23(32-22)26-12-9-25(10-13-26,11-14-26)16-27-19-6-4-5-18(15-19)21-28-20(31-33-21)17-7-8-17/h4-6,15,17,27H,7-14,16H2,1-3H3. The Kier molecular flexibility index (Phi) is 4.68. The zero-order valence-corrected chi connectivity index (χ0v) is 19.9. The molecule has 33 heavy (non-hydrogen) atoms. The lowest BCUT2D eigenvalue weighted by molar-refractivity contribution is 0.0343. The van der Waals surface area contributed by atoms with Gasteiger partial charge >= 0.3 is 0 Å². The van der Waals surface area contributed by atoms with Crippen molar-refractivity contribution in [3.8, 4) is 11.5 Å². The molecule has 2 aromatic heterocycles. The Morgan fingerprint density at radius 3 is 2.45 bits per heavy atom. The molecule has 0 radical (unpaired) electrons. The van der Waals surface area contributed by atoms with Crippen LogP contribution in [0.2, 0.25) is 0 Å². The zero-order chi connectivity index (χ0) is 22.7. The van der Waals surface area contributed by atoms with Crippen LogP contribution in [0.15, 0.2) is 33.2 Å². The van der Waals surface area contributed by atoms with Gasteiger partial charge in [0.15, 0.2) is 5.82 Å². The molecule has 7 nitrogen and oxygen atoms in total. The van der Waals surface area contributed by atoms with E-state index in [1.54, 1.807) is 0 Å². The van der Waals surface area contributed by atoms with Crippen molar-refractivity contribution in [3.05, 3.63) is 41.9 Å². The van der Waals surface area contributed by atoms with Crippen LogP contribution in [0.4, 0.5) is 5.69 Å². The third-order valence-electron chi connectivity index (χ3n) is 8.08. The molecule has 2 heterocycles. The van der Waals surface area contributed by atoms with Crippen molar-refractivity contribution in [2.75, 3.05) is 11.9 Å². The Morgan fingerprint density at radius 2 is 1.79 bits per heavy atom. The first kappa shape index (κ1) is 20.9. The maximum absolute atomic E-state index is 6.19. The van der Waals surface area contributed by atoms with Crippen molar-refractivity contribution >= 4 is 5.69 Å². The van der Waals surface area contributed by atoms with Gasteiger partial charge < -0.3 is 14.3 Å². The normalized spacial score (nSPS) is 27.1. The van der Waals surface area contributed by atoms with Crippen LogP contribution in [-0.4, -0.2) is 26.9 Å². The summed E-state index contributed by atoms with van der Waals surface area (Å²) < 4.78 is 11.7. The lowest BCUT2D eigenvalue weighted by atomic mass is 9.53. The fraction of sp³-hybridized carbons (Fsp3) is 0.615. The van der Waals surface area contributed by atoms with Gasteiger partial charge in [-0.3, -0.25) is 0 Å². The second-order valence-corrected chi connectivity index (χ2v) is 11.6. The molecule has 4 aliphatic rings. The second kappa shape index (κ2) is 7.40. The predicted octanol–water partition coefficient (Wildman–Crippen LogP) is 6.00. The van der Waals surface area contributed by atoms with E-state index in [1.807, 2.05) is 6.07 Å². The van der Waals surface area contributed by atoms with Gasteiger partial charge in [-0.05, 0) is 75.0 Å². The van der Waals surface area contributed by atoms with E-state index >= 15 is 0 Å². The van der Waals surface area contributed by atoms with Crippen LogP contribution >= 0.6 is 0 Å². The van der Waals surface area contributed by atoms with Gasteiger partial charge in [0.1, 0.15) is 0 Å². The number of aromatic nitrogens is 4. The van der Waals surface area contributed by atoms with E-state index in [4.69, 9.17) is 8.94 Å². The highest BCUT2D eigenvalue weighted by Crippen LogP contribution is 2.57. The highest BCUT2D eigenvalue weighted by molar-refractivity contribution is 5.61. The van der Waals surface area contributed by atoms with E-state index in [9.17, 15) is 0 Å². The molecule has 0 aliphatic heterocycles. The first-order chi connectivity index (χ1) is 15.8. The molecule has 0 atom stereocenters. The summed E-state index contributed by atoms with van der Waals surface area (Å²) in [6, 6.07) is 8.36. The first-order valence-corrected chi connectivity index (χ1v) is 12.4. The molecule has 7 rings (SSSR count). The van der Waals surface area contributed by atoms with Gasteiger partial charge in [0.2, 0.25) is 11.8 Å². The Balaban J connectivity index is 1.11. The molecule has 0 saturated heterocycles. The molecule has 4 saturated carbocycles. The fourth-order valence-corrected chi connectivity index (χ4v) is 5.50. The average molecular weight is 448 g/mol. The number of hydrogen-bond acceptors (Lipinski definition) is 7. The molecule has 1 N–H and O–H groups in total. The van der Waals surface area contributed by atoms with Crippen LogP contribution in [0.3, 0.4) is 0 Å². The van der Waals surface area contributed by atoms with E-state index in [0.717, 1.165) is 54.7 Å². The smallest absolute Gasteiger partial charge is 0.258 e. The van der Waals surface area contributed by atoms with Crippen molar-refractivity contribution in [2.45, 2.75) is 88.9 Å². The van der Waals surface area contributed by atoms with Crippen LogP contribution in [0.1, 0.15) is 95.7 Å². The quantitative estimate of drug-likeness (QED) is 0.496. The van der Waals surface area contributed by atoms with Crippen LogP contribution in [0.25, 0.3) is 11.5 Å². The molecular weight excluding hydrogens is 414 g/mol. The molecule has 3 aromatic rings. The molecule has 0 amide bonds. The van der Waals surface area contributed by atoms with E-state index in [0.29, 0.717) is 17.2 Å².